The molecule has 0 heterocycles. The smallest absolute Gasteiger partial charge is 0.460 e. The van der Waals surface area contributed by atoms with Gasteiger partial charge in [-0.2, -0.15) is 47.9 Å². The molecule has 1 unspecified atom stereocenters. The van der Waals surface area contributed by atoms with E-state index in [9.17, 15) is 47.9 Å². The number of hydrogen-bond acceptors (Lipinski definition) is 3. The maximum atomic E-state index is 12.2. The van der Waals surface area contributed by atoms with Gasteiger partial charge in [0.15, 0.2) is 0 Å². The minimum atomic E-state index is -7.37. The minimum absolute atomic E-state index is 0.719. The monoisotopic (exact) mass is 516 g/mol. The summed E-state index contributed by atoms with van der Waals surface area (Å²) >= 11 is 0. The zero-order valence-electron chi connectivity index (χ0n) is 15.7. The van der Waals surface area contributed by atoms with E-state index >= 15 is 0 Å². The van der Waals surface area contributed by atoms with Crippen molar-refractivity contribution in [2.45, 2.75) is 23.3 Å². The summed E-state index contributed by atoms with van der Waals surface area (Å²) in [6.45, 7) is 0. The van der Waals surface area contributed by atoms with Crippen molar-refractivity contribution >= 4 is 29.3 Å². The summed E-state index contributed by atoms with van der Waals surface area (Å²) in [5.74, 6) is -13.8. The zero-order chi connectivity index (χ0) is 25.0. The number of hydrogen-bond donors (Lipinski definition) is 1. The highest BCUT2D eigenvalue weighted by Crippen LogP contribution is 2.54. The lowest BCUT2D eigenvalue weighted by molar-refractivity contribution is -0.382. The number of benzene rings is 2. The third-order valence-corrected chi connectivity index (χ3v) is 5.74. The lowest BCUT2D eigenvalue weighted by Gasteiger charge is -2.31. The molecule has 2 aromatic rings. The van der Waals surface area contributed by atoms with Gasteiger partial charge in [0.1, 0.15) is 5.75 Å². The minimum Gasteiger partial charge on any atom is -0.497 e. The van der Waals surface area contributed by atoms with E-state index < -0.39 is 33.4 Å². The van der Waals surface area contributed by atoms with Gasteiger partial charge in [-0.05, 0) is 22.7 Å². The predicted octanol–water partition coefficient (Wildman–Crippen LogP) is 4.62. The molecule has 0 spiro atoms. The molecule has 0 aliphatic carbocycles. The predicted molar refractivity (Wildman–Crippen MR) is 99.5 cm³/mol. The first-order valence-electron chi connectivity index (χ1n) is 8.02. The van der Waals surface area contributed by atoms with Crippen LogP contribution in [0.3, 0.4) is 0 Å². The fraction of sp³-hybridized carbons (Fsp3) is 0.294. The van der Waals surface area contributed by atoms with Crippen LogP contribution >= 0.6 is 8.58 Å². The highest BCUT2D eigenvalue weighted by atomic mass is 32.2. The molecule has 4 nitrogen and oxygen atoms in total. The van der Waals surface area contributed by atoms with Gasteiger partial charge in [-0.25, -0.2) is 0 Å². The molecule has 0 bridgehead atoms. The molecule has 2 aromatic carbocycles. The number of ether oxygens (including phenoxy) is 1. The fourth-order valence-electron chi connectivity index (χ4n) is 1.89. The molecule has 0 aliphatic rings. The van der Waals surface area contributed by atoms with Gasteiger partial charge in [0.25, 0.3) is 0 Å². The van der Waals surface area contributed by atoms with E-state index in [-0.39, 0.29) is 0 Å². The maximum absolute atomic E-state index is 12.2. The van der Waals surface area contributed by atoms with Crippen LogP contribution in [0.4, 0.5) is 39.5 Å². The van der Waals surface area contributed by atoms with Gasteiger partial charge in [-0.1, -0.05) is 51.0 Å². The van der Waals surface area contributed by atoms with Crippen molar-refractivity contribution in [2.24, 2.45) is 0 Å². The van der Waals surface area contributed by atoms with E-state index in [2.05, 4.69) is 36.4 Å². The van der Waals surface area contributed by atoms with Crippen LogP contribution in [0.5, 0.6) is 5.75 Å². The summed E-state index contributed by atoms with van der Waals surface area (Å²) in [7, 11) is -4.76. The van der Waals surface area contributed by atoms with Crippen LogP contribution in [0, 0.1) is 0 Å². The first kappa shape index (κ1) is 28.0. The Morgan fingerprint density at radius 2 is 1.19 bits per heavy atom. The standard InChI is InChI=1S/C13H13OP.C4HF9O3S/c1-14-11-7-9-13(10-8-11)15-12-5-3-2-4-6-12;5-1(6,3(9,10)11)2(7,8)4(12,13)17(14,15)16/h2-10,15H,1H3;(H,14,15,16). The molecule has 180 valence electrons. The Morgan fingerprint density at radius 1 is 0.750 bits per heavy atom. The Hall–Kier alpha value is -2.05. The molecule has 0 radical (unpaired) electrons. The molecule has 15 heteroatoms. The van der Waals surface area contributed by atoms with Crippen molar-refractivity contribution in [3.63, 3.8) is 0 Å². The van der Waals surface area contributed by atoms with Gasteiger partial charge in [-0.15, -0.1) is 0 Å². The average Bonchev–Trinajstić information content (AvgIpc) is 2.68. The number of alkyl halides is 9. The summed E-state index contributed by atoms with van der Waals surface area (Å²) in [6.07, 6.45) is -7.13. The Kier molecular flexibility index (Phi) is 8.60. The molecule has 0 amide bonds. The number of methoxy groups -OCH3 is 1. The van der Waals surface area contributed by atoms with Crippen LogP contribution in [-0.4, -0.2) is 43.4 Å². The Bertz CT molecular complexity index is 979. The summed E-state index contributed by atoms with van der Waals surface area (Å²) in [6, 6.07) is 18.7. The van der Waals surface area contributed by atoms with Crippen LogP contribution in [-0.2, 0) is 10.1 Å². The van der Waals surface area contributed by atoms with Crippen molar-refractivity contribution in [1.29, 1.82) is 0 Å². The molecular formula is C17H14F9O4PS. The average molecular weight is 516 g/mol. The topological polar surface area (TPSA) is 63.6 Å². The van der Waals surface area contributed by atoms with Gasteiger partial charge < -0.3 is 4.74 Å². The second kappa shape index (κ2) is 9.84. The summed E-state index contributed by atoms with van der Waals surface area (Å²) in [4.78, 5) is 0. The van der Waals surface area contributed by atoms with Crippen LogP contribution in [0.1, 0.15) is 0 Å². The van der Waals surface area contributed by atoms with Crippen molar-refractivity contribution in [1.82, 2.24) is 0 Å². The molecular weight excluding hydrogens is 502 g/mol. The van der Waals surface area contributed by atoms with Crippen molar-refractivity contribution in [3.8, 4) is 5.75 Å². The van der Waals surface area contributed by atoms with Crippen molar-refractivity contribution in [2.75, 3.05) is 7.11 Å². The number of rotatable bonds is 6. The van der Waals surface area contributed by atoms with E-state index in [1.54, 1.807) is 7.11 Å². The van der Waals surface area contributed by atoms with E-state index in [0.29, 0.717) is 0 Å². The Labute approximate surface area is 177 Å². The molecule has 0 aliphatic heterocycles. The lowest BCUT2D eigenvalue weighted by Crippen LogP contribution is -2.63. The Balaban J connectivity index is 0.000000321. The van der Waals surface area contributed by atoms with Gasteiger partial charge in [0.2, 0.25) is 0 Å². The molecule has 1 atom stereocenters. The van der Waals surface area contributed by atoms with Gasteiger partial charge in [0.05, 0.1) is 7.11 Å². The summed E-state index contributed by atoms with van der Waals surface area (Å²) < 4.78 is 139. The molecule has 0 saturated heterocycles. The molecule has 1 N–H and O–H groups in total. The van der Waals surface area contributed by atoms with Crippen LogP contribution < -0.4 is 15.3 Å². The maximum Gasteiger partial charge on any atom is 0.460 e. The van der Waals surface area contributed by atoms with E-state index in [1.807, 2.05) is 18.2 Å². The lowest BCUT2D eigenvalue weighted by atomic mass is 10.1. The first-order chi connectivity index (χ1) is 14.4. The van der Waals surface area contributed by atoms with E-state index in [0.717, 1.165) is 14.3 Å². The third-order valence-electron chi connectivity index (χ3n) is 3.59. The van der Waals surface area contributed by atoms with Crippen molar-refractivity contribution in [3.05, 3.63) is 54.6 Å². The quantitative estimate of drug-likeness (QED) is 0.346. The van der Waals surface area contributed by atoms with E-state index in [1.165, 1.54) is 10.6 Å². The highest BCUT2D eigenvalue weighted by Gasteiger charge is 2.85. The molecule has 32 heavy (non-hydrogen) atoms. The molecule has 0 aromatic heterocycles. The SMILES string of the molecule is COc1ccc(Pc2ccccc2)cc1.O=S(=O)(O)C(F)(F)C(F)(F)C(F)(F)C(F)(F)F. The Morgan fingerprint density at radius 3 is 1.56 bits per heavy atom. The highest BCUT2D eigenvalue weighted by molar-refractivity contribution is 7.87. The van der Waals surface area contributed by atoms with Crippen LogP contribution in [0.2, 0.25) is 0 Å². The molecule has 2 rings (SSSR count). The van der Waals surface area contributed by atoms with Crippen LogP contribution in [0.15, 0.2) is 54.6 Å². The fourth-order valence-corrected chi connectivity index (χ4v) is 3.36. The second-order valence-corrected chi connectivity index (χ2v) is 8.73. The summed E-state index contributed by atoms with van der Waals surface area (Å²) in [5, 5.41) is -4.30. The molecule has 0 fully saturated rings. The zero-order valence-corrected chi connectivity index (χ0v) is 17.5. The largest absolute Gasteiger partial charge is 0.497 e. The second-order valence-electron chi connectivity index (χ2n) is 5.86. The normalized spacial score (nSPS) is 13.6. The number of halogens is 9. The van der Waals surface area contributed by atoms with Crippen LogP contribution in [0.25, 0.3) is 0 Å². The summed E-state index contributed by atoms with van der Waals surface area (Å²) in [5.41, 5.74) is 0. The van der Waals surface area contributed by atoms with E-state index in [4.69, 9.17) is 9.29 Å². The van der Waals surface area contributed by atoms with Gasteiger partial charge in [0, 0.05) is 0 Å². The molecule has 0 saturated carbocycles. The third kappa shape index (κ3) is 6.04. The van der Waals surface area contributed by atoms with Gasteiger partial charge in [-0.3, -0.25) is 4.55 Å². The van der Waals surface area contributed by atoms with Crippen molar-refractivity contribution < 1.29 is 57.2 Å². The van der Waals surface area contributed by atoms with Gasteiger partial charge >= 0.3 is 33.4 Å². The first-order valence-corrected chi connectivity index (χ1v) is 10.5.